The zero-order valence-corrected chi connectivity index (χ0v) is 32.6. The lowest BCUT2D eigenvalue weighted by molar-refractivity contribution is 1.28. The Balaban J connectivity index is 1.20. The van der Waals surface area contributed by atoms with Crippen LogP contribution in [-0.2, 0) is 0 Å². The van der Waals surface area contributed by atoms with E-state index in [4.69, 9.17) is 0 Å². The van der Waals surface area contributed by atoms with Crippen LogP contribution in [0.2, 0.25) is 0 Å². The molecule has 0 heterocycles. The topological polar surface area (TPSA) is 3.24 Å². The van der Waals surface area contributed by atoms with Crippen molar-refractivity contribution in [3.8, 4) is 66.8 Å². The first-order valence-corrected chi connectivity index (χ1v) is 20.3. The Morgan fingerprint density at radius 1 is 0.237 bits per heavy atom. The molecule has 1 nitrogen and oxygen atoms in total. The minimum absolute atomic E-state index is 1.07. The maximum atomic E-state index is 2.45. The van der Waals surface area contributed by atoms with E-state index < -0.39 is 0 Å². The smallest absolute Gasteiger partial charge is 0.0540 e. The molecule has 0 radical (unpaired) electrons. The molecule has 0 atom stereocenters. The third-order valence-corrected chi connectivity index (χ3v) is 11.3. The standard InChI is InChI=1S/C58H41N/c1-6-18-42(19-7-1)49-33-38-56(54(40-49)44-22-10-3-11-23-44)59(57-39-34-50(43-20-8-2-9-21-43)41-55(57)45-24-12-4-13-25-45)51-35-30-47(31-36-51)53-37-32-46-26-16-17-29-52(46)58(53)48-27-14-5-15-28-48/h1-41H. The molecule has 0 unspecified atom stereocenters. The molecule has 10 aromatic rings. The van der Waals surface area contributed by atoms with E-state index in [0.717, 1.165) is 39.3 Å². The minimum atomic E-state index is 1.07. The number of nitrogens with zero attached hydrogens (tertiary/aromatic N) is 1. The van der Waals surface area contributed by atoms with Crippen LogP contribution in [-0.4, -0.2) is 0 Å². The molecule has 10 aromatic carbocycles. The lowest BCUT2D eigenvalue weighted by Crippen LogP contribution is -2.13. The minimum Gasteiger partial charge on any atom is -0.309 e. The lowest BCUT2D eigenvalue weighted by Gasteiger charge is -2.31. The van der Waals surface area contributed by atoms with Gasteiger partial charge in [-0.1, -0.05) is 212 Å². The van der Waals surface area contributed by atoms with E-state index in [-0.39, 0.29) is 0 Å². The number of hydrogen-bond donors (Lipinski definition) is 0. The second-order valence-electron chi connectivity index (χ2n) is 14.9. The molecule has 0 aliphatic heterocycles. The summed E-state index contributed by atoms with van der Waals surface area (Å²) >= 11 is 0. The van der Waals surface area contributed by atoms with Crippen molar-refractivity contribution in [3.05, 3.63) is 249 Å². The fourth-order valence-corrected chi connectivity index (χ4v) is 8.41. The molecule has 0 saturated carbocycles. The van der Waals surface area contributed by atoms with Gasteiger partial charge >= 0.3 is 0 Å². The zero-order valence-electron chi connectivity index (χ0n) is 32.6. The molecule has 0 N–H and O–H groups in total. The molecule has 0 saturated heterocycles. The van der Waals surface area contributed by atoms with Crippen LogP contribution >= 0.6 is 0 Å². The molecular weight excluding hydrogens is 711 g/mol. The van der Waals surface area contributed by atoms with Gasteiger partial charge in [-0.2, -0.15) is 0 Å². The Kier molecular flexibility index (Phi) is 9.68. The molecule has 59 heavy (non-hydrogen) atoms. The Morgan fingerprint density at radius 3 is 1.12 bits per heavy atom. The number of rotatable bonds is 9. The molecular formula is C58H41N. The van der Waals surface area contributed by atoms with Crippen molar-refractivity contribution < 1.29 is 0 Å². The van der Waals surface area contributed by atoms with Gasteiger partial charge in [-0.3, -0.25) is 0 Å². The molecule has 0 aliphatic rings. The molecule has 0 aromatic heterocycles. The summed E-state index contributed by atoms with van der Waals surface area (Å²) in [7, 11) is 0. The van der Waals surface area contributed by atoms with Gasteiger partial charge < -0.3 is 4.90 Å². The maximum Gasteiger partial charge on any atom is 0.0540 e. The average molecular weight is 752 g/mol. The molecule has 10 rings (SSSR count). The zero-order chi connectivity index (χ0) is 39.4. The molecule has 1 heteroatoms. The van der Waals surface area contributed by atoms with E-state index in [1.165, 1.54) is 55.3 Å². The van der Waals surface area contributed by atoms with Gasteiger partial charge in [0.25, 0.3) is 0 Å². The third-order valence-electron chi connectivity index (χ3n) is 11.3. The van der Waals surface area contributed by atoms with E-state index >= 15 is 0 Å². The van der Waals surface area contributed by atoms with Gasteiger partial charge in [0.15, 0.2) is 0 Å². The second-order valence-corrected chi connectivity index (χ2v) is 14.9. The Labute approximate surface area is 346 Å². The maximum absolute atomic E-state index is 2.45. The van der Waals surface area contributed by atoms with Crippen LogP contribution in [0.3, 0.4) is 0 Å². The molecule has 0 aliphatic carbocycles. The predicted molar refractivity (Wildman–Crippen MR) is 251 cm³/mol. The van der Waals surface area contributed by atoms with Crippen molar-refractivity contribution in [2.45, 2.75) is 0 Å². The highest BCUT2D eigenvalue weighted by molar-refractivity contribution is 6.04. The molecule has 278 valence electrons. The fourth-order valence-electron chi connectivity index (χ4n) is 8.41. The monoisotopic (exact) mass is 751 g/mol. The van der Waals surface area contributed by atoms with Gasteiger partial charge in [0, 0.05) is 16.8 Å². The largest absolute Gasteiger partial charge is 0.309 e. The van der Waals surface area contributed by atoms with E-state index in [1.807, 2.05) is 0 Å². The Bertz CT molecular complexity index is 2870. The normalized spacial score (nSPS) is 11.1. The summed E-state index contributed by atoms with van der Waals surface area (Å²) in [6.45, 7) is 0. The van der Waals surface area contributed by atoms with Crippen LogP contribution in [0.5, 0.6) is 0 Å². The summed E-state index contributed by atoms with van der Waals surface area (Å²) in [6, 6.07) is 89.9. The Morgan fingerprint density at radius 2 is 0.627 bits per heavy atom. The number of fused-ring (bicyclic) bond motifs is 1. The van der Waals surface area contributed by atoms with Crippen molar-refractivity contribution >= 4 is 27.8 Å². The van der Waals surface area contributed by atoms with Gasteiger partial charge in [-0.15, -0.1) is 0 Å². The molecule has 0 fully saturated rings. The first-order valence-electron chi connectivity index (χ1n) is 20.3. The van der Waals surface area contributed by atoms with Gasteiger partial charge in [0.2, 0.25) is 0 Å². The van der Waals surface area contributed by atoms with Crippen LogP contribution < -0.4 is 4.90 Å². The van der Waals surface area contributed by atoms with Crippen LogP contribution in [0.25, 0.3) is 77.5 Å². The summed E-state index contributed by atoms with van der Waals surface area (Å²) < 4.78 is 0. The quantitative estimate of drug-likeness (QED) is 0.142. The molecule has 0 amide bonds. The van der Waals surface area contributed by atoms with Crippen LogP contribution in [0.15, 0.2) is 249 Å². The fraction of sp³-hybridized carbons (Fsp3) is 0. The summed E-state index contributed by atoms with van der Waals surface area (Å²) in [5.41, 5.74) is 17.5. The molecule has 0 spiro atoms. The van der Waals surface area contributed by atoms with Gasteiger partial charge in [0.05, 0.1) is 11.4 Å². The summed E-state index contributed by atoms with van der Waals surface area (Å²) in [5, 5.41) is 2.48. The van der Waals surface area contributed by atoms with Gasteiger partial charge in [-0.05, 0) is 103 Å². The second kappa shape index (κ2) is 16.0. The number of benzene rings is 10. The third kappa shape index (κ3) is 7.12. The SMILES string of the molecule is c1ccc(-c2ccc(N(c3ccc(-c4ccc5ccccc5c4-c4ccccc4)cc3)c3ccc(-c4ccccc4)cc3-c3ccccc3)c(-c3ccccc3)c2)cc1. The highest BCUT2D eigenvalue weighted by atomic mass is 15.1. The van der Waals surface area contributed by atoms with E-state index in [2.05, 4.69) is 254 Å². The first kappa shape index (κ1) is 35.7. The van der Waals surface area contributed by atoms with Crippen molar-refractivity contribution in [3.63, 3.8) is 0 Å². The van der Waals surface area contributed by atoms with Crippen molar-refractivity contribution in [1.29, 1.82) is 0 Å². The van der Waals surface area contributed by atoms with Crippen molar-refractivity contribution in [1.82, 2.24) is 0 Å². The number of hydrogen-bond acceptors (Lipinski definition) is 1. The summed E-state index contributed by atoms with van der Waals surface area (Å²) in [6.07, 6.45) is 0. The molecule has 0 bridgehead atoms. The highest BCUT2D eigenvalue weighted by Gasteiger charge is 2.23. The van der Waals surface area contributed by atoms with E-state index in [1.54, 1.807) is 0 Å². The van der Waals surface area contributed by atoms with E-state index in [9.17, 15) is 0 Å². The van der Waals surface area contributed by atoms with Crippen molar-refractivity contribution in [2.24, 2.45) is 0 Å². The van der Waals surface area contributed by atoms with Crippen molar-refractivity contribution in [2.75, 3.05) is 4.90 Å². The van der Waals surface area contributed by atoms with Gasteiger partial charge in [0.1, 0.15) is 0 Å². The average Bonchev–Trinajstić information content (AvgIpc) is 3.33. The summed E-state index contributed by atoms with van der Waals surface area (Å²) in [5.74, 6) is 0. The van der Waals surface area contributed by atoms with Crippen LogP contribution in [0, 0.1) is 0 Å². The lowest BCUT2D eigenvalue weighted by atomic mass is 9.89. The number of anilines is 3. The first-order chi connectivity index (χ1) is 29.3. The van der Waals surface area contributed by atoms with E-state index in [0.29, 0.717) is 0 Å². The highest BCUT2D eigenvalue weighted by Crippen LogP contribution is 2.47. The summed E-state index contributed by atoms with van der Waals surface area (Å²) in [4.78, 5) is 2.45. The predicted octanol–water partition coefficient (Wildman–Crippen LogP) is 16.3. The van der Waals surface area contributed by atoms with Crippen LogP contribution in [0.1, 0.15) is 0 Å². The van der Waals surface area contributed by atoms with Gasteiger partial charge in [-0.25, -0.2) is 0 Å². The van der Waals surface area contributed by atoms with Crippen LogP contribution in [0.4, 0.5) is 17.1 Å². The Hall–Kier alpha value is -7.74.